The van der Waals surface area contributed by atoms with Crippen molar-refractivity contribution in [2.24, 2.45) is 0 Å². The van der Waals surface area contributed by atoms with Gasteiger partial charge in [-0.05, 0) is 18.2 Å². The number of anilines is 1. The lowest BCUT2D eigenvalue weighted by Gasteiger charge is -1.99. The zero-order valence-corrected chi connectivity index (χ0v) is 9.07. The Labute approximate surface area is 92.3 Å². The Morgan fingerprint density at radius 3 is 2.69 bits per heavy atom. The van der Waals surface area contributed by atoms with Crippen LogP contribution in [-0.2, 0) is 0 Å². The first-order valence-corrected chi connectivity index (χ1v) is 4.97. The van der Waals surface area contributed by atoms with Gasteiger partial charge in [0.05, 0.1) is 5.56 Å². The van der Waals surface area contributed by atoms with Crippen LogP contribution in [0, 0.1) is 5.82 Å². The third-order valence-corrected chi connectivity index (χ3v) is 2.20. The second-order valence-electron chi connectivity index (χ2n) is 3.84. The van der Waals surface area contributed by atoms with Crippen molar-refractivity contribution in [2.45, 2.75) is 19.8 Å². The molecule has 0 saturated heterocycles. The fraction of sp³-hybridized carbons (Fsp3) is 0.273. The summed E-state index contributed by atoms with van der Waals surface area (Å²) in [5.74, 6) is 0.726. The van der Waals surface area contributed by atoms with Crippen LogP contribution >= 0.6 is 0 Å². The van der Waals surface area contributed by atoms with E-state index in [1.165, 1.54) is 18.2 Å². The first-order chi connectivity index (χ1) is 7.58. The predicted molar refractivity (Wildman–Crippen MR) is 58.2 cm³/mol. The lowest BCUT2D eigenvalue weighted by Crippen LogP contribution is -1.92. The second kappa shape index (κ2) is 3.92. The van der Waals surface area contributed by atoms with E-state index in [0.29, 0.717) is 23.0 Å². The lowest BCUT2D eigenvalue weighted by molar-refractivity contribution is 0.419. The van der Waals surface area contributed by atoms with Gasteiger partial charge in [-0.1, -0.05) is 19.0 Å². The monoisotopic (exact) mass is 221 g/mol. The van der Waals surface area contributed by atoms with E-state index in [9.17, 15) is 4.39 Å². The van der Waals surface area contributed by atoms with Crippen LogP contribution in [0.4, 0.5) is 10.1 Å². The summed E-state index contributed by atoms with van der Waals surface area (Å²) in [5, 5.41) is 3.82. The average molecular weight is 221 g/mol. The van der Waals surface area contributed by atoms with E-state index in [2.05, 4.69) is 10.1 Å². The van der Waals surface area contributed by atoms with Crippen molar-refractivity contribution in [3.63, 3.8) is 0 Å². The standard InChI is InChI=1S/C11H12FN3O/c1-6(2)10-14-11(16-15-10)8-4-3-7(12)5-9(8)13/h3-6H,13H2,1-2H3. The summed E-state index contributed by atoms with van der Waals surface area (Å²) in [5.41, 5.74) is 6.52. The molecule has 4 nitrogen and oxygen atoms in total. The van der Waals surface area contributed by atoms with E-state index in [1.54, 1.807) is 0 Å². The van der Waals surface area contributed by atoms with Crippen molar-refractivity contribution in [1.82, 2.24) is 10.1 Å². The van der Waals surface area contributed by atoms with Crippen molar-refractivity contribution >= 4 is 5.69 Å². The molecule has 2 N–H and O–H groups in total. The molecule has 0 atom stereocenters. The van der Waals surface area contributed by atoms with Gasteiger partial charge in [0.15, 0.2) is 5.82 Å². The van der Waals surface area contributed by atoms with Crippen molar-refractivity contribution in [3.05, 3.63) is 29.8 Å². The molecule has 1 aromatic carbocycles. The number of halogens is 1. The molecule has 1 heterocycles. The van der Waals surface area contributed by atoms with Crippen molar-refractivity contribution < 1.29 is 8.91 Å². The lowest BCUT2D eigenvalue weighted by atomic mass is 10.1. The van der Waals surface area contributed by atoms with Gasteiger partial charge in [-0.3, -0.25) is 0 Å². The molecule has 0 radical (unpaired) electrons. The molecule has 0 aliphatic heterocycles. The van der Waals surface area contributed by atoms with Gasteiger partial charge < -0.3 is 10.3 Å². The van der Waals surface area contributed by atoms with Gasteiger partial charge in [-0.15, -0.1) is 0 Å². The van der Waals surface area contributed by atoms with Crippen LogP contribution in [0.5, 0.6) is 0 Å². The van der Waals surface area contributed by atoms with E-state index in [-0.39, 0.29) is 11.7 Å². The first kappa shape index (κ1) is 10.6. The molecule has 16 heavy (non-hydrogen) atoms. The summed E-state index contributed by atoms with van der Waals surface area (Å²) in [4.78, 5) is 4.19. The highest BCUT2D eigenvalue weighted by Gasteiger charge is 2.13. The molecule has 0 unspecified atom stereocenters. The van der Waals surface area contributed by atoms with Crippen LogP contribution < -0.4 is 5.73 Å². The molecule has 0 aliphatic carbocycles. The van der Waals surface area contributed by atoms with Crippen molar-refractivity contribution in [3.8, 4) is 11.5 Å². The number of hydrogen-bond donors (Lipinski definition) is 1. The van der Waals surface area contributed by atoms with Crippen LogP contribution in [-0.4, -0.2) is 10.1 Å². The zero-order chi connectivity index (χ0) is 11.7. The maximum absolute atomic E-state index is 12.9. The number of nitrogen functional groups attached to an aromatic ring is 1. The van der Waals surface area contributed by atoms with Gasteiger partial charge in [0, 0.05) is 11.6 Å². The van der Waals surface area contributed by atoms with Gasteiger partial charge in [-0.25, -0.2) is 4.39 Å². The van der Waals surface area contributed by atoms with E-state index in [0.717, 1.165) is 0 Å². The molecule has 1 aromatic heterocycles. The molecule has 0 spiro atoms. The molecule has 2 rings (SSSR count). The summed E-state index contributed by atoms with van der Waals surface area (Å²) in [6.07, 6.45) is 0. The number of nitrogens with zero attached hydrogens (tertiary/aromatic N) is 2. The SMILES string of the molecule is CC(C)c1noc(-c2ccc(F)cc2N)n1. The topological polar surface area (TPSA) is 64.9 Å². The van der Waals surface area contributed by atoms with Gasteiger partial charge in [-0.2, -0.15) is 4.98 Å². The summed E-state index contributed by atoms with van der Waals surface area (Å²) in [6.45, 7) is 3.92. The Morgan fingerprint density at radius 1 is 1.38 bits per heavy atom. The van der Waals surface area contributed by atoms with Crippen LogP contribution in [0.15, 0.2) is 22.7 Å². The van der Waals surface area contributed by atoms with E-state index >= 15 is 0 Å². The minimum atomic E-state index is -0.384. The molecule has 0 saturated carbocycles. The fourth-order valence-corrected chi connectivity index (χ4v) is 1.31. The third-order valence-electron chi connectivity index (χ3n) is 2.20. The van der Waals surface area contributed by atoms with Crippen LogP contribution in [0.2, 0.25) is 0 Å². The first-order valence-electron chi connectivity index (χ1n) is 4.97. The largest absolute Gasteiger partial charge is 0.398 e. The highest BCUT2D eigenvalue weighted by molar-refractivity contribution is 5.70. The quantitative estimate of drug-likeness (QED) is 0.791. The van der Waals surface area contributed by atoms with Crippen LogP contribution in [0.25, 0.3) is 11.5 Å². The zero-order valence-electron chi connectivity index (χ0n) is 9.07. The minimum absolute atomic E-state index is 0.180. The maximum atomic E-state index is 12.9. The van der Waals surface area contributed by atoms with Gasteiger partial charge >= 0.3 is 0 Å². The molecular weight excluding hydrogens is 209 g/mol. The molecule has 0 amide bonds. The molecule has 0 aliphatic rings. The Bertz CT molecular complexity index is 508. The number of aromatic nitrogens is 2. The Hall–Kier alpha value is -1.91. The van der Waals surface area contributed by atoms with E-state index in [1.807, 2.05) is 13.8 Å². The minimum Gasteiger partial charge on any atom is -0.398 e. The van der Waals surface area contributed by atoms with E-state index in [4.69, 9.17) is 10.3 Å². The van der Waals surface area contributed by atoms with Crippen LogP contribution in [0.1, 0.15) is 25.6 Å². The normalized spacial score (nSPS) is 11.0. The second-order valence-corrected chi connectivity index (χ2v) is 3.84. The van der Waals surface area contributed by atoms with Crippen LogP contribution in [0.3, 0.4) is 0 Å². The number of rotatable bonds is 2. The number of hydrogen-bond acceptors (Lipinski definition) is 4. The van der Waals surface area contributed by atoms with Crippen molar-refractivity contribution in [1.29, 1.82) is 0 Å². The van der Waals surface area contributed by atoms with Gasteiger partial charge in [0.2, 0.25) is 0 Å². The molecule has 5 heteroatoms. The Balaban J connectivity index is 2.42. The smallest absolute Gasteiger partial charge is 0.260 e. The Kier molecular flexibility index (Phi) is 2.60. The summed E-state index contributed by atoms with van der Waals surface area (Å²) >= 11 is 0. The summed E-state index contributed by atoms with van der Waals surface area (Å²) < 4.78 is 17.9. The predicted octanol–water partition coefficient (Wildman–Crippen LogP) is 2.58. The number of nitrogens with two attached hydrogens (primary N) is 1. The number of benzene rings is 1. The highest BCUT2D eigenvalue weighted by Crippen LogP contribution is 2.25. The highest BCUT2D eigenvalue weighted by atomic mass is 19.1. The molecule has 84 valence electrons. The summed E-state index contributed by atoms with van der Waals surface area (Å²) in [6, 6.07) is 4.07. The van der Waals surface area contributed by atoms with Gasteiger partial charge in [0.1, 0.15) is 5.82 Å². The molecule has 0 fully saturated rings. The maximum Gasteiger partial charge on any atom is 0.260 e. The molecule has 0 bridgehead atoms. The average Bonchev–Trinajstić information content (AvgIpc) is 2.66. The fourth-order valence-electron chi connectivity index (χ4n) is 1.31. The van der Waals surface area contributed by atoms with Crippen molar-refractivity contribution in [2.75, 3.05) is 5.73 Å². The molecular formula is C11H12FN3O. The van der Waals surface area contributed by atoms with Gasteiger partial charge in [0.25, 0.3) is 5.89 Å². The summed E-state index contributed by atoms with van der Waals surface area (Å²) in [7, 11) is 0. The van der Waals surface area contributed by atoms with E-state index < -0.39 is 0 Å². The third kappa shape index (κ3) is 1.88. The Morgan fingerprint density at radius 2 is 2.12 bits per heavy atom. The molecule has 2 aromatic rings.